The highest BCUT2D eigenvalue weighted by Gasteiger charge is 2.25. The number of aryl methyl sites for hydroxylation is 1. The van der Waals surface area contributed by atoms with Crippen molar-refractivity contribution in [2.24, 2.45) is 0 Å². The fraction of sp³-hybridized carbons (Fsp3) is 0.391. The summed E-state index contributed by atoms with van der Waals surface area (Å²) in [6.45, 7) is 3.68. The van der Waals surface area contributed by atoms with Gasteiger partial charge < -0.3 is 20.7 Å². The maximum absolute atomic E-state index is 13.2. The van der Waals surface area contributed by atoms with Gasteiger partial charge in [-0.05, 0) is 43.9 Å². The molecule has 0 bridgehead atoms. The minimum Gasteiger partial charge on any atom is -0.495 e. The zero-order valence-corrected chi connectivity index (χ0v) is 19.4. The molecule has 3 heterocycles. The van der Waals surface area contributed by atoms with Crippen molar-refractivity contribution in [3.63, 3.8) is 0 Å². The molecular formula is C23H27ClN6O3. The van der Waals surface area contributed by atoms with Crippen LogP contribution in [0.2, 0.25) is 5.02 Å². The van der Waals surface area contributed by atoms with Crippen LogP contribution in [0.25, 0.3) is 11.0 Å². The third-order valence-electron chi connectivity index (χ3n) is 5.74. The molecule has 0 spiro atoms. The molecule has 1 fully saturated rings. The third kappa shape index (κ3) is 4.88. The van der Waals surface area contributed by atoms with Gasteiger partial charge in [0.05, 0.1) is 35.0 Å². The number of pyridine rings is 1. The predicted molar refractivity (Wildman–Crippen MR) is 127 cm³/mol. The zero-order chi connectivity index (χ0) is 23.4. The molecule has 1 aromatic carbocycles. The van der Waals surface area contributed by atoms with E-state index in [1.165, 1.54) is 6.20 Å². The van der Waals surface area contributed by atoms with E-state index in [2.05, 4.69) is 26.0 Å². The number of hydrogen-bond acceptors (Lipinski definition) is 6. The van der Waals surface area contributed by atoms with Gasteiger partial charge in [-0.2, -0.15) is 5.10 Å². The first kappa shape index (κ1) is 22.8. The van der Waals surface area contributed by atoms with Gasteiger partial charge in [-0.1, -0.05) is 17.7 Å². The lowest BCUT2D eigenvalue weighted by Gasteiger charge is -2.18. The molecule has 0 saturated carbocycles. The number of benzene rings is 1. The molecule has 3 aromatic rings. The van der Waals surface area contributed by atoms with E-state index < -0.39 is 6.04 Å². The molecule has 1 unspecified atom stereocenters. The van der Waals surface area contributed by atoms with Gasteiger partial charge in [0.2, 0.25) is 5.91 Å². The maximum Gasteiger partial charge on any atom is 0.255 e. The van der Waals surface area contributed by atoms with Gasteiger partial charge in [0.25, 0.3) is 5.91 Å². The van der Waals surface area contributed by atoms with E-state index in [0.29, 0.717) is 53.7 Å². The standard InChI is InChI=1S/C23H27ClN6O3/c1-3-30-21-15(13-28-30)20(26-11-14-7-8-19(33-2)17(24)10-14)16(12-27-21)22(31)29-18-6-4-5-9-25-23(18)32/h7-8,10,12-13,18H,3-6,9,11H2,1-2H3,(H,25,32)(H,26,27)(H,29,31). The monoisotopic (exact) mass is 470 g/mol. The number of hydrogen-bond donors (Lipinski definition) is 3. The van der Waals surface area contributed by atoms with Crippen molar-refractivity contribution < 1.29 is 14.3 Å². The molecule has 4 rings (SSSR count). The van der Waals surface area contributed by atoms with Crippen LogP contribution >= 0.6 is 11.6 Å². The first-order chi connectivity index (χ1) is 16.0. The smallest absolute Gasteiger partial charge is 0.255 e. The average molecular weight is 471 g/mol. The number of anilines is 1. The molecule has 9 nitrogen and oxygen atoms in total. The van der Waals surface area contributed by atoms with E-state index in [-0.39, 0.29) is 11.8 Å². The molecule has 10 heteroatoms. The molecular weight excluding hydrogens is 444 g/mol. The van der Waals surface area contributed by atoms with Crippen molar-refractivity contribution in [2.75, 3.05) is 19.0 Å². The van der Waals surface area contributed by atoms with Crippen LogP contribution in [0.15, 0.2) is 30.6 Å². The Morgan fingerprint density at radius 3 is 2.94 bits per heavy atom. The lowest BCUT2D eigenvalue weighted by molar-refractivity contribution is -0.122. The van der Waals surface area contributed by atoms with Crippen LogP contribution in [0.4, 0.5) is 5.69 Å². The predicted octanol–water partition coefficient (Wildman–Crippen LogP) is 3.12. The van der Waals surface area contributed by atoms with Crippen LogP contribution in [0.3, 0.4) is 0 Å². The highest BCUT2D eigenvalue weighted by Crippen LogP contribution is 2.29. The second kappa shape index (κ2) is 10.1. The van der Waals surface area contributed by atoms with E-state index >= 15 is 0 Å². The van der Waals surface area contributed by atoms with E-state index in [1.54, 1.807) is 24.1 Å². The van der Waals surface area contributed by atoms with Crippen molar-refractivity contribution in [3.8, 4) is 5.75 Å². The van der Waals surface area contributed by atoms with Crippen molar-refractivity contribution >= 4 is 40.1 Å². The van der Waals surface area contributed by atoms with Gasteiger partial charge >= 0.3 is 0 Å². The Balaban J connectivity index is 1.64. The molecule has 1 atom stereocenters. The molecule has 1 saturated heterocycles. The molecule has 2 aromatic heterocycles. The number of carbonyl (C=O) groups excluding carboxylic acids is 2. The first-order valence-corrected chi connectivity index (χ1v) is 11.4. The van der Waals surface area contributed by atoms with Gasteiger partial charge in [0.1, 0.15) is 11.8 Å². The quantitative estimate of drug-likeness (QED) is 0.489. The SMILES string of the molecule is CCn1ncc2c(NCc3ccc(OC)c(Cl)c3)c(C(=O)NC3CCCCNC3=O)cnc21. The third-order valence-corrected chi connectivity index (χ3v) is 6.03. The molecule has 1 aliphatic rings. The maximum atomic E-state index is 13.2. The van der Waals surface area contributed by atoms with E-state index in [1.807, 2.05) is 19.1 Å². The summed E-state index contributed by atoms with van der Waals surface area (Å²) in [5.74, 6) is 0.0831. The normalized spacial score (nSPS) is 16.2. The number of aromatic nitrogens is 3. The number of carbonyl (C=O) groups is 2. The fourth-order valence-electron chi connectivity index (χ4n) is 3.94. The van der Waals surface area contributed by atoms with Gasteiger partial charge in [-0.15, -0.1) is 0 Å². The Hall–Kier alpha value is -3.33. The zero-order valence-electron chi connectivity index (χ0n) is 18.7. The van der Waals surface area contributed by atoms with Gasteiger partial charge in [0, 0.05) is 25.8 Å². The summed E-state index contributed by atoms with van der Waals surface area (Å²) in [5, 5.41) is 14.7. The summed E-state index contributed by atoms with van der Waals surface area (Å²) in [4.78, 5) is 30.0. The molecule has 0 radical (unpaired) electrons. The Morgan fingerprint density at radius 1 is 1.33 bits per heavy atom. The number of nitrogens with one attached hydrogen (secondary N) is 3. The molecule has 3 N–H and O–H groups in total. The van der Waals surface area contributed by atoms with E-state index in [9.17, 15) is 9.59 Å². The fourth-order valence-corrected chi connectivity index (χ4v) is 4.22. The summed E-state index contributed by atoms with van der Waals surface area (Å²) in [6, 6.07) is 4.95. The summed E-state index contributed by atoms with van der Waals surface area (Å²) in [6.07, 6.45) is 5.61. The number of methoxy groups -OCH3 is 1. The molecule has 33 heavy (non-hydrogen) atoms. The van der Waals surface area contributed by atoms with Crippen molar-refractivity contribution in [2.45, 2.75) is 45.3 Å². The largest absolute Gasteiger partial charge is 0.495 e. The van der Waals surface area contributed by atoms with Crippen LogP contribution < -0.4 is 20.7 Å². The van der Waals surface area contributed by atoms with Crippen LogP contribution in [-0.4, -0.2) is 46.3 Å². The van der Waals surface area contributed by atoms with Gasteiger partial charge in [-0.25, -0.2) is 9.67 Å². The number of fused-ring (bicyclic) bond motifs is 1. The minimum absolute atomic E-state index is 0.156. The van der Waals surface area contributed by atoms with Crippen LogP contribution in [-0.2, 0) is 17.9 Å². The average Bonchev–Trinajstić information content (AvgIpc) is 3.14. The number of halogens is 1. The lowest BCUT2D eigenvalue weighted by atomic mass is 10.1. The van der Waals surface area contributed by atoms with Gasteiger partial charge in [0.15, 0.2) is 5.65 Å². The number of amides is 2. The highest BCUT2D eigenvalue weighted by molar-refractivity contribution is 6.32. The first-order valence-electron chi connectivity index (χ1n) is 11.0. The topological polar surface area (TPSA) is 110 Å². The van der Waals surface area contributed by atoms with Crippen molar-refractivity contribution in [1.82, 2.24) is 25.4 Å². The number of ether oxygens (including phenoxy) is 1. The Morgan fingerprint density at radius 2 is 2.18 bits per heavy atom. The second-order valence-corrected chi connectivity index (χ2v) is 8.29. The number of nitrogens with zero attached hydrogens (tertiary/aromatic N) is 3. The molecule has 174 valence electrons. The minimum atomic E-state index is -0.567. The van der Waals surface area contributed by atoms with Crippen LogP contribution in [0, 0.1) is 0 Å². The van der Waals surface area contributed by atoms with Crippen molar-refractivity contribution in [3.05, 3.63) is 46.7 Å². The van der Waals surface area contributed by atoms with Crippen LogP contribution in [0.1, 0.15) is 42.1 Å². The lowest BCUT2D eigenvalue weighted by Crippen LogP contribution is -2.45. The summed E-state index contributed by atoms with van der Waals surface area (Å²) in [7, 11) is 1.57. The molecule has 0 aliphatic carbocycles. The Kier molecular flexibility index (Phi) is 6.98. The molecule has 2 amide bonds. The molecule has 1 aliphatic heterocycles. The van der Waals surface area contributed by atoms with Crippen molar-refractivity contribution in [1.29, 1.82) is 0 Å². The van der Waals surface area contributed by atoms with Crippen LogP contribution in [0.5, 0.6) is 5.75 Å². The summed E-state index contributed by atoms with van der Waals surface area (Å²) < 4.78 is 6.99. The highest BCUT2D eigenvalue weighted by atomic mass is 35.5. The Bertz CT molecular complexity index is 1180. The summed E-state index contributed by atoms with van der Waals surface area (Å²) in [5.41, 5.74) is 2.56. The number of rotatable bonds is 7. The van der Waals surface area contributed by atoms with E-state index in [0.717, 1.165) is 23.8 Å². The van der Waals surface area contributed by atoms with E-state index in [4.69, 9.17) is 16.3 Å². The second-order valence-electron chi connectivity index (χ2n) is 7.88. The van der Waals surface area contributed by atoms with Gasteiger partial charge in [-0.3, -0.25) is 9.59 Å². The summed E-state index contributed by atoms with van der Waals surface area (Å²) >= 11 is 6.27. The Labute approximate surface area is 196 Å².